The first-order valence-corrected chi connectivity index (χ1v) is 7.56. The van der Waals surface area contributed by atoms with Crippen LogP contribution in [-0.4, -0.2) is 20.9 Å². The molecule has 1 unspecified atom stereocenters. The van der Waals surface area contributed by atoms with E-state index in [1.165, 1.54) is 0 Å². The monoisotopic (exact) mass is 288 g/mol. The van der Waals surface area contributed by atoms with E-state index in [-0.39, 0.29) is 11.9 Å². The topological polar surface area (TPSA) is 67.8 Å². The molecule has 2 aromatic rings. The predicted molar refractivity (Wildman–Crippen MR) is 76.7 cm³/mol. The summed E-state index contributed by atoms with van der Waals surface area (Å²) in [5.41, 5.74) is 1.38. The van der Waals surface area contributed by atoms with Crippen molar-refractivity contribution in [1.82, 2.24) is 20.3 Å². The largest absolute Gasteiger partial charge is 0.344 e. The molecule has 2 aromatic heterocycles. The van der Waals surface area contributed by atoms with Gasteiger partial charge in [-0.1, -0.05) is 0 Å². The highest BCUT2D eigenvalue weighted by molar-refractivity contribution is 7.09. The minimum absolute atomic E-state index is 0.115. The third-order valence-corrected chi connectivity index (χ3v) is 4.10. The SMILES string of the molecule is Cc1nc(C(C)NC(=O)c2cnc(C3CC3)nc2)cs1. The highest BCUT2D eigenvalue weighted by Gasteiger charge is 2.26. The Balaban J connectivity index is 1.66. The van der Waals surface area contributed by atoms with Crippen molar-refractivity contribution >= 4 is 17.2 Å². The second-order valence-corrected chi connectivity index (χ2v) is 6.15. The second-order valence-electron chi connectivity index (χ2n) is 5.09. The molecule has 5 nitrogen and oxygen atoms in total. The molecule has 1 fully saturated rings. The molecule has 0 bridgehead atoms. The number of rotatable bonds is 4. The van der Waals surface area contributed by atoms with E-state index in [1.807, 2.05) is 19.2 Å². The zero-order valence-corrected chi connectivity index (χ0v) is 12.3. The van der Waals surface area contributed by atoms with Gasteiger partial charge < -0.3 is 5.32 Å². The Labute approximate surface area is 121 Å². The van der Waals surface area contributed by atoms with Gasteiger partial charge in [-0.25, -0.2) is 15.0 Å². The van der Waals surface area contributed by atoms with Crippen LogP contribution in [0.2, 0.25) is 0 Å². The Bertz CT molecular complexity index is 618. The van der Waals surface area contributed by atoms with E-state index in [9.17, 15) is 4.79 Å². The normalized spacial score (nSPS) is 15.9. The number of thiazole rings is 1. The molecule has 20 heavy (non-hydrogen) atoms. The summed E-state index contributed by atoms with van der Waals surface area (Å²) < 4.78 is 0. The van der Waals surface area contributed by atoms with Crippen LogP contribution in [0.15, 0.2) is 17.8 Å². The first-order chi connectivity index (χ1) is 9.63. The summed E-state index contributed by atoms with van der Waals surface area (Å²) in [6.07, 6.45) is 5.53. The van der Waals surface area contributed by atoms with Crippen molar-refractivity contribution in [2.75, 3.05) is 0 Å². The van der Waals surface area contributed by atoms with Crippen molar-refractivity contribution in [1.29, 1.82) is 0 Å². The number of carbonyl (C=O) groups is 1. The molecule has 0 saturated heterocycles. The van der Waals surface area contributed by atoms with Crippen LogP contribution in [0.25, 0.3) is 0 Å². The predicted octanol–water partition coefficient (Wildman–Crippen LogP) is 2.61. The van der Waals surface area contributed by atoms with E-state index in [2.05, 4.69) is 20.3 Å². The number of aryl methyl sites for hydroxylation is 1. The van der Waals surface area contributed by atoms with Gasteiger partial charge in [0.25, 0.3) is 5.91 Å². The smallest absolute Gasteiger partial charge is 0.254 e. The van der Waals surface area contributed by atoms with Crippen LogP contribution in [0, 0.1) is 6.92 Å². The molecule has 1 N–H and O–H groups in total. The van der Waals surface area contributed by atoms with Crippen molar-refractivity contribution in [3.8, 4) is 0 Å². The number of nitrogens with one attached hydrogen (secondary N) is 1. The molecule has 0 radical (unpaired) electrons. The second kappa shape index (κ2) is 5.28. The molecule has 0 aromatic carbocycles. The molecule has 6 heteroatoms. The van der Waals surface area contributed by atoms with Gasteiger partial charge in [0.05, 0.1) is 22.3 Å². The van der Waals surface area contributed by atoms with Crippen LogP contribution in [0.3, 0.4) is 0 Å². The first-order valence-electron chi connectivity index (χ1n) is 6.68. The lowest BCUT2D eigenvalue weighted by molar-refractivity contribution is 0.0938. The van der Waals surface area contributed by atoms with Crippen LogP contribution >= 0.6 is 11.3 Å². The number of amides is 1. The fourth-order valence-corrected chi connectivity index (χ4v) is 2.65. The molecule has 1 aliphatic carbocycles. The maximum absolute atomic E-state index is 12.1. The van der Waals surface area contributed by atoms with Gasteiger partial charge in [0.15, 0.2) is 0 Å². The zero-order valence-electron chi connectivity index (χ0n) is 11.5. The number of hydrogen-bond acceptors (Lipinski definition) is 5. The number of hydrogen-bond donors (Lipinski definition) is 1. The van der Waals surface area contributed by atoms with Gasteiger partial charge in [-0.3, -0.25) is 4.79 Å². The van der Waals surface area contributed by atoms with E-state index in [4.69, 9.17) is 0 Å². The molecule has 1 atom stereocenters. The molecule has 1 aliphatic rings. The quantitative estimate of drug-likeness (QED) is 0.939. The third kappa shape index (κ3) is 2.85. The van der Waals surface area contributed by atoms with Crippen molar-refractivity contribution < 1.29 is 4.79 Å². The standard InChI is InChI=1S/C14H16N4OS/c1-8(12-7-20-9(2)18-12)17-14(19)11-5-15-13(16-6-11)10-3-4-10/h5-8,10H,3-4H2,1-2H3,(H,17,19). The van der Waals surface area contributed by atoms with Crippen LogP contribution in [0.1, 0.15) is 58.6 Å². The van der Waals surface area contributed by atoms with E-state index in [0.29, 0.717) is 11.5 Å². The van der Waals surface area contributed by atoms with Crippen molar-refractivity contribution in [3.63, 3.8) is 0 Å². The molecule has 0 aliphatic heterocycles. The van der Waals surface area contributed by atoms with Crippen molar-refractivity contribution in [3.05, 3.63) is 39.9 Å². The Morgan fingerprint density at radius 1 is 1.40 bits per heavy atom. The number of aromatic nitrogens is 3. The summed E-state index contributed by atoms with van der Waals surface area (Å²) >= 11 is 1.58. The van der Waals surface area contributed by atoms with E-state index >= 15 is 0 Å². The summed E-state index contributed by atoms with van der Waals surface area (Å²) in [6, 6.07) is -0.115. The Kier molecular flexibility index (Phi) is 3.48. The minimum Gasteiger partial charge on any atom is -0.344 e. The van der Waals surface area contributed by atoms with Gasteiger partial charge in [-0.2, -0.15) is 0 Å². The maximum atomic E-state index is 12.1. The van der Waals surface area contributed by atoms with E-state index in [0.717, 1.165) is 29.4 Å². The summed E-state index contributed by atoms with van der Waals surface area (Å²) in [5.74, 6) is 1.19. The van der Waals surface area contributed by atoms with Crippen LogP contribution < -0.4 is 5.32 Å². The summed E-state index contributed by atoms with van der Waals surface area (Å²) in [4.78, 5) is 25.0. The molecule has 2 heterocycles. The number of carbonyl (C=O) groups excluding carboxylic acids is 1. The van der Waals surface area contributed by atoms with Gasteiger partial charge in [-0.05, 0) is 26.7 Å². The van der Waals surface area contributed by atoms with Crippen LogP contribution in [-0.2, 0) is 0 Å². The summed E-state index contributed by atoms with van der Waals surface area (Å²) in [7, 11) is 0. The first kappa shape index (κ1) is 13.2. The fraction of sp³-hybridized carbons (Fsp3) is 0.429. The third-order valence-electron chi connectivity index (χ3n) is 3.30. The van der Waals surface area contributed by atoms with Crippen molar-refractivity contribution in [2.45, 2.75) is 38.6 Å². The van der Waals surface area contributed by atoms with E-state index in [1.54, 1.807) is 23.7 Å². The Morgan fingerprint density at radius 2 is 2.10 bits per heavy atom. The zero-order chi connectivity index (χ0) is 14.1. The van der Waals surface area contributed by atoms with Crippen molar-refractivity contribution in [2.24, 2.45) is 0 Å². The van der Waals surface area contributed by atoms with Gasteiger partial charge in [-0.15, -0.1) is 11.3 Å². The molecule has 1 saturated carbocycles. The highest BCUT2D eigenvalue weighted by atomic mass is 32.1. The average Bonchev–Trinajstić information content (AvgIpc) is 3.20. The lowest BCUT2D eigenvalue weighted by Crippen LogP contribution is -2.27. The summed E-state index contributed by atoms with van der Waals surface area (Å²) in [5, 5.41) is 5.88. The van der Waals surface area contributed by atoms with Gasteiger partial charge in [0, 0.05) is 23.7 Å². The molecular formula is C14H16N4OS. The average molecular weight is 288 g/mol. The maximum Gasteiger partial charge on any atom is 0.254 e. The van der Waals surface area contributed by atoms with Gasteiger partial charge >= 0.3 is 0 Å². The lowest BCUT2D eigenvalue weighted by atomic mass is 10.2. The Morgan fingerprint density at radius 3 is 2.65 bits per heavy atom. The van der Waals surface area contributed by atoms with E-state index < -0.39 is 0 Å². The molecule has 104 valence electrons. The molecule has 1 amide bonds. The minimum atomic E-state index is -0.162. The molecule has 0 spiro atoms. The summed E-state index contributed by atoms with van der Waals surface area (Å²) in [6.45, 7) is 3.87. The molecular weight excluding hydrogens is 272 g/mol. The Hall–Kier alpha value is -1.82. The van der Waals surface area contributed by atoms with Gasteiger partial charge in [0.2, 0.25) is 0 Å². The number of nitrogens with zero attached hydrogens (tertiary/aromatic N) is 3. The van der Waals surface area contributed by atoms with Crippen LogP contribution in [0.4, 0.5) is 0 Å². The molecule has 3 rings (SSSR count). The van der Waals surface area contributed by atoms with Crippen LogP contribution in [0.5, 0.6) is 0 Å². The highest BCUT2D eigenvalue weighted by Crippen LogP contribution is 2.37. The lowest BCUT2D eigenvalue weighted by Gasteiger charge is -2.11. The fourth-order valence-electron chi connectivity index (χ4n) is 1.94. The van der Waals surface area contributed by atoms with Gasteiger partial charge in [0.1, 0.15) is 5.82 Å².